The van der Waals surface area contributed by atoms with E-state index in [-0.39, 0.29) is 11.6 Å². The minimum atomic E-state index is -0.0648. The average Bonchev–Trinajstić information content (AvgIpc) is 2.85. The molecule has 4 aromatic carbocycles. The van der Waals surface area contributed by atoms with Crippen LogP contribution < -0.4 is 16.2 Å². The molecule has 1 atom stereocenters. The zero-order valence-corrected chi connectivity index (χ0v) is 19.7. The first-order valence-electron chi connectivity index (χ1n) is 11.5. The number of benzene rings is 4. The summed E-state index contributed by atoms with van der Waals surface area (Å²) in [4.78, 5) is 0. The number of hydrazine groups is 1. The molecule has 0 aromatic heterocycles. The van der Waals surface area contributed by atoms with E-state index in [1.807, 2.05) is 24.3 Å². The summed E-state index contributed by atoms with van der Waals surface area (Å²) in [5, 5.41) is 3.60. The second-order valence-electron chi connectivity index (χ2n) is 9.38. The van der Waals surface area contributed by atoms with Crippen molar-refractivity contribution in [1.82, 2.24) is 10.9 Å². The molecule has 4 aromatic rings. The largest absolute Gasteiger partial charge is 0.365 e. The van der Waals surface area contributed by atoms with Gasteiger partial charge in [0.25, 0.3) is 0 Å². The van der Waals surface area contributed by atoms with Gasteiger partial charge in [0, 0.05) is 12.2 Å². The Morgan fingerprint density at radius 1 is 0.636 bits per heavy atom. The quantitative estimate of drug-likeness (QED) is 0.205. The van der Waals surface area contributed by atoms with Crippen molar-refractivity contribution in [2.24, 2.45) is 0 Å². The number of rotatable bonds is 8. The van der Waals surface area contributed by atoms with Gasteiger partial charge in [-0.05, 0) is 45.4 Å². The Morgan fingerprint density at radius 3 is 1.82 bits per heavy atom. The van der Waals surface area contributed by atoms with Gasteiger partial charge in [-0.3, -0.25) is 5.43 Å². The smallest absolute Gasteiger partial charge is 0.116 e. The monoisotopic (exact) mass is 435 g/mol. The molecule has 168 valence electrons. The van der Waals surface area contributed by atoms with Crippen LogP contribution in [0.2, 0.25) is 0 Å². The van der Waals surface area contributed by atoms with Crippen LogP contribution in [0.4, 0.5) is 5.69 Å². The van der Waals surface area contributed by atoms with E-state index in [1.165, 1.54) is 27.8 Å². The Morgan fingerprint density at radius 2 is 1.21 bits per heavy atom. The van der Waals surface area contributed by atoms with Crippen molar-refractivity contribution in [2.75, 3.05) is 5.32 Å². The molecule has 0 saturated heterocycles. The van der Waals surface area contributed by atoms with E-state index in [0.29, 0.717) is 0 Å². The molecule has 0 spiro atoms. The van der Waals surface area contributed by atoms with Gasteiger partial charge in [-0.2, -0.15) is 0 Å². The summed E-state index contributed by atoms with van der Waals surface area (Å²) < 4.78 is 0. The van der Waals surface area contributed by atoms with Gasteiger partial charge in [0.15, 0.2) is 0 Å². The molecule has 0 radical (unpaired) electrons. The van der Waals surface area contributed by atoms with Gasteiger partial charge < -0.3 is 5.32 Å². The Kier molecular flexibility index (Phi) is 7.23. The minimum Gasteiger partial charge on any atom is -0.365 e. The molecule has 0 aliphatic rings. The van der Waals surface area contributed by atoms with E-state index < -0.39 is 0 Å². The third-order valence-electron chi connectivity index (χ3n) is 5.79. The molecule has 0 aliphatic heterocycles. The molecule has 0 heterocycles. The summed E-state index contributed by atoms with van der Waals surface area (Å²) in [6.07, 6.45) is -0.0648. The highest BCUT2D eigenvalue weighted by molar-refractivity contribution is 5.63. The number of hydrogen-bond acceptors (Lipinski definition) is 3. The molecule has 0 saturated carbocycles. The van der Waals surface area contributed by atoms with Gasteiger partial charge in [0.05, 0.1) is 0 Å². The van der Waals surface area contributed by atoms with Crippen molar-refractivity contribution >= 4 is 5.69 Å². The molecular formula is C30H33N3. The first-order valence-corrected chi connectivity index (χ1v) is 11.5. The summed E-state index contributed by atoms with van der Waals surface area (Å²) >= 11 is 0. The maximum absolute atomic E-state index is 3.60. The summed E-state index contributed by atoms with van der Waals surface area (Å²) in [5.41, 5.74) is 14.3. The third kappa shape index (κ3) is 6.32. The summed E-state index contributed by atoms with van der Waals surface area (Å²) in [6.45, 7) is 7.45. The standard InChI is InChI=1S/C30H33N3/c1-30(2,3)27-20-18-26(19-21-27)29(32-28-12-8-5-9-13-28)33-31-22-23-14-16-25(17-15-23)24-10-6-4-7-11-24/h4-21,29,31-33H,22H2,1-3H3. The van der Waals surface area contributed by atoms with E-state index >= 15 is 0 Å². The summed E-state index contributed by atoms with van der Waals surface area (Å²) in [5.74, 6) is 0. The van der Waals surface area contributed by atoms with Gasteiger partial charge in [-0.25, -0.2) is 5.43 Å². The van der Waals surface area contributed by atoms with E-state index in [4.69, 9.17) is 0 Å². The summed E-state index contributed by atoms with van der Waals surface area (Å²) in [6, 6.07) is 38.3. The van der Waals surface area contributed by atoms with E-state index in [2.05, 4.69) is 122 Å². The zero-order valence-electron chi connectivity index (χ0n) is 19.7. The van der Waals surface area contributed by atoms with Crippen LogP contribution in [0, 0.1) is 0 Å². The van der Waals surface area contributed by atoms with Crippen LogP contribution in [0.25, 0.3) is 11.1 Å². The lowest BCUT2D eigenvalue weighted by molar-refractivity contribution is 0.468. The highest BCUT2D eigenvalue weighted by Crippen LogP contribution is 2.25. The van der Waals surface area contributed by atoms with E-state index in [1.54, 1.807) is 0 Å². The Labute approximate surface area is 197 Å². The predicted octanol–water partition coefficient (Wildman–Crippen LogP) is 7.06. The van der Waals surface area contributed by atoms with Crippen molar-refractivity contribution in [3.63, 3.8) is 0 Å². The van der Waals surface area contributed by atoms with Gasteiger partial charge >= 0.3 is 0 Å². The van der Waals surface area contributed by atoms with Crippen molar-refractivity contribution in [2.45, 2.75) is 38.9 Å². The van der Waals surface area contributed by atoms with Crippen LogP contribution in [-0.2, 0) is 12.0 Å². The highest BCUT2D eigenvalue weighted by Gasteiger charge is 2.15. The van der Waals surface area contributed by atoms with Crippen LogP contribution in [-0.4, -0.2) is 0 Å². The Balaban J connectivity index is 1.43. The fraction of sp³-hybridized carbons (Fsp3) is 0.200. The second kappa shape index (κ2) is 10.5. The van der Waals surface area contributed by atoms with Gasteiger partial charge in [0.1, 0.15) is 6.17 Å². The van der Waals surface area contributed by atoms with Crippen LogP contribution in [0.5, 0.6) is 0 Å². The number of anilines is 1. The lowest BCUT2D eigenvalue weighted by Gasteiger charge is -2.24. The van der Waals surface area contributed by atoms with Crippen LogP contribution in [0.3, 0.4) is 0 Å². The van der Waals surface area contributed by atoms with Crippen LogP contribution in [0.15, 0.2) is 109 Å². The molecule has 0 aliphatic carbocycles. The maximum atomic E-state index is 3.60. The van der Waals surface area contributed by atoms with Crippen LogP contribution in [0.1, 0.15) is 43.6 Å². The van der Waals surface area contributed by atoms with Crippen LogP contribution >= 0.6 is 0 Å². The molecule has 3 N–H and O–H groups in total. The SMILES string of the molecule is CC(C)(C)c1ccc(C(NNCc2ccc(-c3ccccc3)cc2)Nc2ccccc2)cc1. The minimum absolute atomic E-state index is 0.0648. The third-order valence-corrected chi connectivity index (χ3v) is 5.79. The average molecular weight is 436 g/mol. The molecule has 3 nitrogen and oxygen atoms in total. The topological polar surface area (TPSA) is 36.1 Å². The summed E-state index contributed by atoms with van der Waals surface area (Å²) in [7, 11) is 0. The number of nitrogens with one attached hydrogen (secondary N) is 3. The molecule has 0 amide bonds. The number of para-hydroxylation sites is 1. The lowest BCUT2D eigenvalue weighted by Crippen LogP contribution is -2.38. The second-order valence-corrected chi connectivity index (χ2v) is 9.38. The molecular weight excluding hydrogens is 402 g/mol. The fourth-order valence-electron chi connectivity index (χ4n) is 3.78. The molecule has 0 fully saturated rings. The van der Waals surface area contributed by atoms with Gasteiger partial charge in [0.2, 0.25) is 0 Å². The zero-order chi connectivity index (χ0) is 23.1. The molecule has 0 bridgehead atoms. The van der Waals surface area contributed by atoms with Crippen molar-refractivity contribution in [1.29, 1.82) is 0 Å². The maximum Gasteiger partial charge on any atom is 0.116 e. The van der Waals surface area contributed by atoms with E-state index in [9.17, 15) is 0 Å². The molecule has 1 unspecified atom stereocenters. The van der Waals surface area contributed by atoms with Crippen molar-refractivity contribution in [3.8, 4) is 11.1 Å². The first-order chi connectivity index (χ1) is 16.0. The number of hydrogen-bond donors (Lipinski definition) is 3. The van der Waals surface area contributed by atoms with Gasteiger partial charge in [-0.1, -0.05) is 118 Å². The highest BCUT2D eigenvalue weighted by atomic mass is 15.4. The van der Waals surface area contributed by atoms with Gasteiger partial charge in [-0.15, -0.1) is 0 Å². The molecule has 33 heavy (non-hydrogen) atoms. The Hall–Kier alpha value is -3.40. The van der Waals surface area contributed by atoms with Crippen molar-refractivity contribution < 1.29 is 0 Å². The fourth-order valence-corrected chi connectivity index (χ4v) is 3.78. The first kappa shape index (κ1) is 22.8. The molecule has 3 heteroatoms. The van der Waals surface area contributed by atoms with Crippen molar-refractivity contribution in [3.05, 3.63) is 126 Å². The molecule has 4 rings (SSSR count). The lowest BCUT2D eigenvalue weighted by atomic mass is 9.86. The Bertz CT molecular complexity index is 1110. The normalized spacial score (nSPS) is 12.3. The van der Waals surface area contributed by atoms with E-state index in [0.717, 1.165) is 12.2 Å². The predicted molar refractivity (Wildman–Crippen MR) is 140 cm³/mol.